The number of aromatic nitrogens is 4. The zero-order valence-corrected chi connectivity index (χ0v) is 15.5. The molecule has 0 amide bonds. The molecule has 1 aliphatic rings. The monoisotopic (exact) mass is 344 g/mol. The molecule has 1 aliphatic heterocycles. The van der Waals surface area contributed by atoms with E-state index in [0.29, 0.717) is 18.4 Å². The summed E-state index contributed by atoms with van der Waals surface area (Å²) in [6.45, 7) is 5.92. The van der Waals surface area contributed by atoms with Gasteiger partial charge in [0.05, 0.1) is 18.7 Å². The van der Waals surface area contributed by atoms with E-state index >= 15 is 0 Å². The standard InChI is InChI=1S/C18H28N6O/c1-13(2)17-14(6-5-11-25-17)21-15-7-8-20-18(22-15)24(4)12-16-19-9-10-23(16)3/h7-10,13-14,17H,5-6,11-12H2,1-4H3,(H,20,21,22)/t14-,17-/m1/s1. The number of ether oxygens (including phenoxy) is 1. The molecule has 2 atom stereocenters. The van der Waals surface area contributed by atoms with Crippen LogP contribution in [0.1, 0.15) is 32.5 Å². The van der Waals surface area contributed by atoms with Gasteiger partial charge in [0.25, 0.3) is 0 Å². The molecule has 3 heterocycles. The highest BCUT2D eigenvalue weighted by atomic mass is 16.5. The van der Waals surface area contributed by atoms with Crippen LogP contribution >= 0.6 is 0 Å². The van der Waals surface area contributed by atoms with Gasteiger partial charge in [0.2, 0.25) is 5.95 Å². The third kappa shape index (κ3) is 4.28. The zero-order valence-electron chi connectivity index (χ0n) is 15.5. The highest BCUT2D eigenvalue weighted by molar-refractivity contribution is 5.42. The van der Waals surface area contributed by atoms with E-state index < -0.39 is 0 Å². The average molecular weight is 344 g/mol. The summed E-state index contributed by atoms with van der Waals surface area (Å²) >= 11 is 0. The van der Waals surface area contributed by atoms with Gasteiger partial charge in [-0.1, -0.05) is 13.8 Å². The van der Waals surface area contributed by atoms with E-state index in [1.54, 1.807) is 12.4 Å². The van der Waals surface area contributed by atoms with Crippen LogP contribution < -0.4 is 10.2 Å². The Morgan fingerprint density at radius 2 is 2.20 bits per heavy atom. The van der Waals surface area contributed by atoms with Crippen molar-refractivity contribution in [2.45, 2.75) is 45.4 Å². The molecule has 25 heavy (non-hydrogen) atoms. The molecular formula is C18H28N6O. The largest absolute Gasteiger partial charge is 0.376 e. The lowest BCUT2D eigenvalue weighted by Crippen LogP contribution is -2.43. The highest BCUT2D eigenvalue weighted by Gasteiger charge is 2.28. The minimum atomic E-state index is 0.220. The maximum atomic E-state index is 5.96. The lowest BCUT2D eigenvalue weighted by Gasteiger charge is -2.35. The molecule has 0 aliphatic carbocycles. The first kappa shape index (κ1) is 17.7. The molecule has 1 fully saturated rings. The Labute approximate surface area is 149 Å². The number of hydrogen-bond donors (Lipinski definition) is 1. The summed E-state index contributed by atoms with van der Waals surface area (Å²) in [5.41, 5.74) is 0. The van der Waals surface area contributed by atoms with Crippen LogP contribution in [0, 0.1) is 5.92 Å². The maximum absolute atomic E-state index is 5.96. The molecule has 1 saturated heterocycles. The molecular weight excluding hydrogens is 316 g/mol. The van der Waals surface area contributed by atoms with Crippen LogP contribution in [-0.2, 0) is 18.3 Å². The van der Waals surface area contributed by atoms with Crippen molar-refractivity contribution in [3.63, 3.8) is 0 Å². The molecule has 0 unspecified atom stereocenters. The number of imidazole rings is 1. The molecule has 3 rings (SSSR count). The second-order valence-electron chi connectivity index (χ2n) is 7.02. The van der Waals surface area contributed by atoms with E-state index in [1.807, 2.05) is 35.8 Å². The third-order valence-corrected chi connectivity index (χ3v) is 4.64. The summed E-state index contributed by atoms with van der Waals surface area (Å²) in [5.74, 6) is 2.99. The number of rotatable bonds is 6. The van der Waals surface area contributed by atoms with E-state index in [9.17, 15) is 0 Å². The molecule has 0 aromatic carbocycles. The Kier molecular flexibility index (Phi) is 5.53. The van der Waals surface area contributed by atoms with Crippen LogP contribution in [0.5, 0.6) is 0 Å². The Balaban J connectivity index is 1.69. The SMILES string of the molecule is CC(C)[C@H]1OCCC[C@H]1Nc1ccnc(N(C)Cc2nccn2C)n1. The second-order valence-corrected chi connectivity index (χ2v) is 7.02. The van der Waals surface area contributed by atoms with Crippen molar-refractivity contribution in [3.8, 4) is 0 Å². The Morgan fingerprint density at radius 1 is 1.36 bits per heavy atom. The van der Waals surface area contributed by atoms with Crippen LogP contribution in [0.4, 0.5) is 11.8 Å². The first-order valence-electron chi connectivity index (χ1n) is 8.93. The van der Waals surface area contributed by atoms with Crippen LogP contribution in [-0.4, -0.2) is 45.3 Å². The number of nitrogens with one attached hydrogen (secondary N) is 1. The van der Waals surface area contributed by atoms with E-state index in [4.69, 9.17) is 4.74 Å². The quantitative estimate of drug-likeness (QED) is 0.868. The third-order valence-electron chi connectivity index (χ3n) is 4.64. The van der Waals surface area contributed by atoms with Crippen molar-refractivity contribution in [1.29, 1.82) is 0 Å². The number of nitrogens with zero attached hydrogens (tertiary/aromatic N) is 5. The minimum absolute atomic E-state index is 0.220. The van der Waals surface area contributed by atoms with Gasteiger partial charge in [-0.25, -0.2) is 9.97 Å². The normalized spacial score (nSPS) is 20.7. The van der Waals surface area contributed by atoms with Gasteiger partial charge in [0.15, 0.2) is 0 Å². The molecule has 7 heteroatoms. The molecule has 0 spiro atoms. The predicted octanol–water partition coefficient (Wildman–Crippen LogP) is 2.46. The van der Waals surface area contributed by atoms with Gasteiger partial charge in [-0.2, -0.15) is 4.98 Å². The first-order chi connectivity index (χ1) is 12.0. The fourth-order valence-electron chi connectivity index (χ4n) is 3.25. The average Bonchev–Trinajstić information content (AvgIpc) is 3.00. The second kappa shape index (κ2) is 7.82. The maximum Gasteiger partial charge on any atom is 0.227 e. The molecule has 0 bridgehead atoms. The molecule has 2 aromatic rings. The van der Waals surface area contributed by atoms with Gasteiger partial charge in [-0.15, -0.1) is 0 Å². The Hall–Kier alpha value is -2.15. The summed E-state index contributed by atoms with van der Waals surface area (Å²) in [7, 11) is 3.97. The van der Waals surface area contributed by atoms with E-state index in [1.165, 1.54) is 0 Å². The summed E-state index contributed by atoms with van der Waals surface area (Å²) in [4.78, 5) is 15.5. The first-order valence-corrected chi connectivity index (χ1v) is 8.93. The highest BCUT2D eigenvalue weighted by Crippen LogP contribution is 2.24. The summed E-state index contributed by atoms with van der Waals surface area (Å²) in [5, 5.41) is 3.55. The van der Waals surface area contributed by atoms with Crippen LogP contribution in [0.25, 0.3) is 0 Å². The van der Waals surface area contributed by atoms with Crippen molar-refractivity contribution in [2.24, 2.45) is 13.0 Å². The van der Waals surface area contributed by atoms with Crippen LogP contribution in [0.15, 0.2) is 24.7 Å². The van der Waals surface area contributed by atoms with Gasteiger partial charge < -0.3 is 19.5 Å². The molecule has 2 aromatic heterocycles. The number of hydrogen-bond acceptors (Lipinski definition) is 6. The number of anilines is 2. The summed E-state index contributed by atoms with van der Waals surface area (Å²) in [6, 6.07) is 2.21. The van der Waals surface area contributed by atoms with E-state index in [2.05, 4.69) is 34.1 Å². The predicted molar refractivity (Wildman–Crippen MR) is 98.6 cm³/mol. The lowest BCUT2D eigenvalue weighted by molar-refractivity contribution is -0.0203. The Morgan fingerprint density at radius 3 is 2.92 bits per heavy atom. The van der Waals surface area contributed by atoms with Crippen molar-refractivity contribution in [3.05, 3.63) is 30.5 Å². The van der Waals surface area contributed by atoms with Crippen molar-refractivity contribution in [1.82, 2.24) is 19.5 Å². The zero-order chi connectivity index (χ0) is 17.8. The Bertz CT molecular complexity index is 686. The fourth-order valence-corrected chi connectivity index (χ4v) is 3.25. The van der Waals surface area contributed by atoms with Gasteiger partial charge in [-0.3, -0.25) is 0 Å². The van der Waals surface area contributed by atoms with Gasteiger partial charge in [0, 0.05) is 39.3 Å². The summed E-state index contributed by atoms with van der Waals surface area (Å²) < 4.78 is 7.96. The minimum Gasteiger partial charge on any atom is -0.376 e. The van der Waals surface area contributed by atoms with Crippen LogP contribution in [0.2, 0.25) is 0 Å². The van der Waals surface area contributed by atoms with Crippen LogP contribution in [0.3, 0.4) is 0 Å². The van der Waals surface area contributed by atoms with Crippen molar-refractivity contribution >= 4 is 11.8 Å². The van der Waals surface area contributed by atoms with Gasteiger partial charge in [0.1, 0.15) is 11.6 Å². The lowest BCUT2D eigenvalue weighted by atomic mass is 9.94. The topological polar surface area (TPSA) is 68.1 Å². The van der Waals surface area contributed by atoms with E-state index in [-0.39, 0.29) is 12.1 Å². The smallest absolute Gasteiger partial charge is 0.227 e. The number of aryl methyl sites for hydroxylation is 1. The molecule has 0 radical (unpaired) electrons. The fraction of sp³-hybridized carbons (Fsp3) is 0.611. The van der Waals surface area contributed by atoms with Gasteiger partial charge in [-0.05, 0) is 24.8 Å². The van der Waals surface area contributed by atoms with Crippen molar-refractivity contribution < 1.29 is 4.74 Å². The van der Waals surface area contributed by atoms with Gasteiger partial charge >= 0.3 is 0 Å². The van der Waals surface area contributed by atoms with Crippen molar-refractivity contribution in [2.75, 3.05) is 23.9 Å². The van der Waals surface area contributed by atoms with E-state index in [0.717, 1.165) is 31.1 Å². The molecule has 1 N–H and O–H groups in total. The molecule has 0 saturated carbocycles. The summed E-state index contributed by atoms with van der Waals surface area (Å²) in [6.07, 6.45) is 7.95. The molecule has 7 nitrogen and oxygen atoms in total. The molecule has 136 valence electrons.